The summed E-state index contributed by atoms with van der Waals surface area (Å²) in [5.74, 6) is 1.25. The van der Waals surface area contributed by atoms with E-state index in [2.05, 4.69) is 26.8 Å². The van der Waals surface area contributed by atoms with Gasteiger partial charge in [0, 0.05) is 6.42 Å². The van der Waals surface area contributed by atoms with Crippen molar-refractivity contribution in [2.45, 2.75) is 52.9 Å². The lowest BCUT2D eigenvalue weighted by Crippen LogP contribution is -2.61. The van der Waals surface area contributed by atoms with Gasteiger partial charge >= 0.3 is 0 Å². The molecular formula is C15H22O. The van der Waals surface area contributed by atoms with E-state index in [4.69, 9.17) is 0 Å². The summed E-state index contributed by atoms with van der Waals surface area (Å²) < 4.78 is 0. The molecule has 0 amide bonds. The second-order valence-electron chi connectivity index (χ2n) is 7.12. The first-order valence-corrected chi connectivity index (χ1v) is 6.61. The maximum absolute atomic E-state index is 11.4. The number of hydrogen-bond donors (Lipinski definition) is 0. The smallest absolute Gasteiger partial charge is 0.155 e. The van der Waals surface area contributed by atoms with Gasteiger partial charge in [0.25, 0.3) is 0 Å². The van der Waals surface area contributed by atoms with Crippen LogP contribution in [0.15, 0.2) is 12.2 Å². The van der Waals surface area contributed by atoms with E-state index in [0.717, 1.165) is 18.8 Å². The van der Waals surface area contributed by atoms with Crippen LogP contribution in [0.5, 0.6) is 0 Å². The van der Waals surface area contributed by atoms with Crippen molar-refractivity contribution in [3.05, 3.63) is 12.2 Å². The van der Waals surface area contributed by atoms with Crippen LogP contribution in [-0.2, 0) is 4.79 Å². The lowest BCUT2D eigenvalue weighted by Gasteiger charge is -2.69. The summed E-state index contributed by atoms with van der Waals surface area (Å²) in [6.07, 6.45) is 10.1. The summed E-state index contributed by atoms with van der Waals surface area (Å²) in [5, 5.41) is 0. The highest BCUT2D eigenvalue weighted by Crippen LogP contribution is 2.72. The van der Waals surface area contributed by atoms with Gasteiger partial charge in [-0.2, -0.15) is 0 Å². The fourth-order valence-corrected chi connectivity index (χ4v) is 4.70. The van der Waals surface area contributed by atoms with Crippen molar-refractivity contribution in [1.29, 1.82) is 0 Å². The zero-order valence-corrected chi connectivity index (χ0v) is 10.7. The summed E-state index contributed by atoms with van der Waals surface area (Å²) in [6.45, 7) is 7.32. The molecule has 1 heteroatoms. The fraction of sp³-hybridized carbons (Fsp3) is 0.800. The summed E-state index contributed by atoms with van der Waals surface area (Å²) >= 11 is 0. The standard InChI is InChI=1S/C15H22O/c1-13(2)14(3)8-11(9-14)10-15(13)6-4-12(16)5-7-15/h4,6,11H,5,7-10H2,1-3H3. The molecular weight excluding hydrogens is 196 g/mol. The molecule has 1 nitrogen and oxygen atoms in total. The van der Waals surface area contributed by atoms with Crippen molar-refractivity contribution in [2.24, 2.45) is 22.2 Å². The first-order chi connectivity index (χ1) is 7.39. The molecule has 0 heterocycles. The fourth-order valence-electron chi connectivity index (χ4n) is 4.70. The van der Waals surface area contributed by atoms with Crippen LogP contribution in [0.2, 0.25) is 0 Å². The highest BCUT2D eigenvalue weighted by atomic mass is 16.1. The van der Waals surface area contributed by atoms with Gasteiger partial charge in [0.15, 0.2) is 5.78 Å². The Kier molecular flexibility index (Phi) is 1.85. The third-order valence-electron chi connectivity index (χ3n) is 6.29. The first kappa shape index (κ1) is 10.6. The third kappa shape index (κ3) is 1.05. The predicted octanol–water partition coefficient (Wildman–Crippen LogP) is 3.74. The molecule has 4 rings (SSSR count). The molecule has 0 aromatic carbocycles. The Hall–Kier alpha value is -0.590. The van der Waals surface area contributed by atoms with E-state index >= 15 is 0 Å². The summed E-state index contributed by atoms with van der Waals surface area (Å²) in [4.78, 5) is 11.4. The van der Waals surface area contributed by atoms with Gasteiger partial charge in [-0.25, -0.2) is 0 Å². The normalized spacial score (nSPS) is 49.2. The van der Waals surface area contributed by atoms with E-state index in [1.807, 2.05) is 6.08 Å². The van der Waals surface area contributed by atoms with Crippen molar-refractivity contribution < 1.29 is 4.79 Å². The third-order valence-corrected chi connectivity index (χ3v) is 6.29. The van der Waals surface area contributed by atoms with Crippen molar-refractivity contribution in [1.82, 2.24) is 0 Å². The van der Waals surface area contributed by atoms with Crippen LogP contribution in [0.1, 0.15) is 52.9 Å². The minimum Gasteiger partial charge on any atom is -0.295 e. The van der Waals surface area contributed by atoms with Gasteiger partial charge in [0.1, 0.15) is 0 Å². The number of carbonyl (C=O) groups excluding carboxylic acids is 1. The largest absolute Gasteiger partial charge is 0.295 e. The average molecular weight is 218 g/mol. The van der Waals surface area contributed by atoms with Crippen molar-refractivity contribution in [2.75, 3.05) is 0 Å². The van der Waals surface area contributed by atoms with Crippen LogP contribution in [-0.4, -0.2) is 5.78 Å². The van der Waals surface area contributed by atoms with Crippen LogP contribution in [0.25, 0.3) is 0 Å². The minimum atomic E-state index is 0.316. The molecule has 88 valence electrons. The molecule has 1 spiro atoms. The van der Waals surface area contributed by atoms with Crippen molar-refractivity contribution in [3.8, 4) is 0 Å². The van der Waals surface area contributed by atoms with E-state index < -0.39 is 0 Å². The van der Waals surface area contributed by atoms with Gasteiger partial charge in [0.2, 0.25) is 0 Å². The number of rotatable bonds is 0. The number of ketones is 1. The van der Waals surface area contributed by atoms with Gasteiger partial charge in [-0.05, 0) is 53.9 Å². The minimum absolute atomic E-state index is 0.316. The maximum atomic E-state index is 11.4. The molecule has 4 aliphatic carbocycles. The van der Waals surface area contributed by atoms with Crippen molar-refractivity contribution in [3.63, 3.8) is 0 Å². The first-order valence-electron chi connectivity index (χ1n) is 6.61. The van der Waals surface area contributed by atoms with Crippen LogP contribution < -0.4 is 0 Å². The van der Waals surface area contributed by atoms with Crippen LogP contribution in [0.4, 0.5) is 0 Å². The molecule has 3 fully saturated rings. The van der Waals surface area contributed by atoms with E-state index in [-0.39, 0.29) is 0 Å². The van der Waals surface area contributed by atoms with E-state index in [9.17, 15) is 4.79 Å². The molecule has 3 saturated carbocycles. The Balaban J connectivity index is 2.02. The average Bonchev–Trinajstić information content (AvgIpc) is 2.16. The van der Waals surface area contributed by atoms with Crippen LogP contribution in [0.3, 0.4) is 0 Å². The predicted molar refractivity (Wildman–Crippen MR) is 65.0 cm³/mol. The molecule has 1 unspecified atom stereocenters. The Morgan fingerprint density at radius 2 is 1.88 bits per heavy atom. The lowest BCUT2D eigenvalue weighted by molar-refractivity contribution is -0.180. The molecule has 0 saturated heterocycles. The second kappa shape index (κ2) is 2.80. The molecule has 0 aromatic heterocycles. The second-order valence-corrected chi connectivity index (χ2v) is 7.12. The molecule has 0 aliphatic heterocycles. The Morgan fingerprint density at radius 3 is 2.44 bits per heavy atom. The molecule has 0 aromatic rings. The highest BCUT2D eigenvalue weighted by molar-refractivity contribution is 5.90. The Morgan fingerprint density at radius 1 is 1.19 bits per heavy atom. The van der Waals surface area contributed by atoms with Crippen LogP contribution >= 0.6 is 0 Å². The van der Waals surface area contributed by atoms with Gasteiger partial charge in [-0.15, -0.1) is 0 Å². The molecule has 0 N–H and O–H groups in total. The number of carbonyl (C=O) groups is 1. The molecule has 16 heavy (non-hydrogen) atoms. The number of hydrogen-bond acceptors (Lipinski definition) is 1. The topological polar surface area (TPSA) is 17.1 Å². The monoisotopic (exact) mass is 218 g/mol. The van der Waals surface area contributed by atoms with Crippen molar-refractivity contribution >= 4 is 5.78 Å². The van der Waals surface area contributed by atoms with Gasteiger partial charge in [-0.3, -0.25) is 4.79 Å². The Labute approximate surface area is 98.3 Å². The van der Waals surface area contributed by atoms with E-state index in [1.165, 1.54) is 19.3 Å². The quantitative estimate of drug-likeness (QED) is 0.605. The highest BCUT2D eigenvalue weighted by Gasteiger charge is 2.64. The molecule has 4 aliphatic rings. The zero-order valence-electron chi connectivity index (χ0n) is 10.7. The lowest BCUT2D eigenvalue weighted by atomic mass is 9.35. The van der Waals surface area contributed by atoms with Gasteiger partial charge in [-0.1, -0.05) is 26.8 Å². The summed E-state index contributed by atoms with van der Waals surface area (Å²) in [7, 11) is 0. The van der Waals surface area contributed by atoms with Gasteiger partial charge < -0.3 is 0 Å². The van der Waals surface area contributed by atoms with E-state index in [0.29, 0.717) is 22.0 Å². The van der Waals surface area contributed by atoms with E-state index in [1.54, 1.807) is 0 Å². The number of allylic oxidation sites excluding steroid dienone is 2. The summed E-state index contributed by atoms with van der Waals surface area (Å²) in [5.41, 5.74) is 1.18. The SMILES string of the molecule is CC12CC(C1)CC1(C=CC(=O)CC1)C2(C)C. The van der Waals surface area contributed by atoms with Crippen LogP contribution in [0, 0.1) is 22.2 Å². The summed E-state index contributed by atoms with van der Waals surface area (Å²) in [6, 6.07) is 0. The molecule has 0 radical (unpaired) electrons. The van der Waals surface area contributed by atoms with Gasteiger partial charge in [0.05, 0.1) is 0 Å². The Bertz CT molecular complexity index is 371. The molecule has 1 atom stereocenters. The maximum Gasteiger partial charge on any atom is 0.155 e. The zero-order chi connectivity index (χ0) is 11.6. The molecule has 2 bridgehead atoms.